The molecule has 1 amide bonds. The summed E-state index contributed by atoms with van der Waals surface area (Å²) in [5, 5.41) is 10.4. The molecule has 17 heavy (non-hydrogen) atoms. The van der Waals surface area contributed by atoms with Gasteiger partial charge >= 0.3 is 11.8 Å². The summed E-state index contributed by atoms with van der Waals surface area (Å²) >= 11 is 0. The monoisotopic (exact) mass is 238 g/mol. The second kappa shape index (κ2) is 5.46. The Morgan fingerprint density at radius 3 is 2.88 bits per heavy atom. The van der Waals surface area contributed by atoms with E-state index in [-0.39, 0.29) is 12.2 Å². The number of rotatable bonds is 2. The Bertz CT molecular complexity index is 519. The van der Waals surface area contributed by atoms with Gasteiger partial charge in [-0.2, -0.15) is 4.39 Å². The number of benzene rings is 1. The fourth-order valence-electron chi connectivity index (χ4n) is 0.996. The van der Waals surface area contributed by atoms with E-state index in [2.05, 4.69) is 22.3 Å². The van der Waals surface area contributed by atoms with Crippen LogP contribution in [0.4, 0.5) is 14.9 Å². The lowest BCUT2D eigenvalue weighted by Gasteiger charge is -1.96. The summed E-state index contributed by atoms with van der Waals surface area (Å²) in [5.41, 5.74) is 3.87. The molecule has 0 bridgehead atoms. The van der Waals surface area contributed by atoms with Gasteiger partial charge in [0, 0.05) is 6.07 Å². The highest BCUT2D eigenvalue weighted by atomic mass is 19.1. The van der Waals surface area contributed by atoms with Crippen molar-refractivity contribution in [1.29, 1.82) is 0 Å². The first-order valence-electron chi connectivity index (χ1n) is 4.36. The third-order valence-electron chi connectivity index (χ3n) is 1.68. The number of carbonyl (C=O) groups is 1. The Hall–Kier alpha value is -2.62. The Kier molecular flexibility index (Phi) is 4.00. The van der Waals surface area contributed by atoms with Gasteiger partial charge in [-0.25, -0.2) is 4.79 Å². The molecule has 0 saturated heterocycles. The predicted octanol–water partition coefficient (Wildman–Crippen LogP) is 1.18. The Balaban J connectivity index is 2.88. The summed E-state index contributed by atoms with van der Waals surface area (Å²) in [6.07, 6.45) is -1.00. The van der Waals surface area contributed by atoms with E-state index in [0.29, 0.717) is 0 Å². The van der Waals surface area contributed by atoms with E-state index in [4.69, 9.17) is 0 Å². The number of carbonyl (C=O) groups excluding carboxylic acids is 1. The van der Waals surface area contributed by atoms with E-state index < -0.39 is 22.5 Å². The molecular formula is C10H7FN2O4. The highest BCUT2D eigenvalue weighted by Crippen LogP contribution is 2.19. The summed E-state index contributed by atoms with van der Waals surface area (Å²) in [4.78, 5) is 19.8. The van der Waals surface area contributed by atoms with Crippen molar-refractivity contribution in [3.05, 3.63) is 39.7 Å². The molecule has 0 unspecified atom stereocenters. The van der Waals surface area contributed by atoms with Crippen LogP contribution in [-0.2, 0) is 4.74 Å². The highest BCUT2D eigenvalue weighted by molar-refractivity contribution is 5.64. The van der Waals surface area contributed by atoms with Crippen molar-refractivity contribution in [2.24, 2.45) is 5.73 Å². The first kappa shape index (κ1) is 12.4. The molecule has 0 atom stereocenters. The van der Waals surface area contributed by atoms with Gasteiger partial charge in [0.1, 0.15) is 0 Å². The molecular weight excluding hydrogens is 231 g/mol. The van der Waals surface area contributed by atoms with E-state index >= 15 is 0 Å². The maximum absolute atomic E-state index is 13.4. The van der Waals surface area contributed by atoms with Gasteiger partial charge in [0.2, 0.25) is 5.82 Å². The van der Waals surface area contributed by atoms with Gasteiger partial charge in [-0.15, -0.1) is 0 Å². The van der Waals surface area contributed by atoms with Gasteiger partial charge in [-0.3, -0.25) is 10.1 Å². The van der Waals surface area contributed by atoms with Crippen LogP contribution >= 0.6 is 0 Å². The van der Waals surface area contributed by atoms with Crippen LogP contribution in [0.25, 0.3) is 0 Å². The summed E-state index contributed by atoms with van der Waals surface area (Å²) in [6.45, 7) is -0.308. The summed E-state index contributed by atoms with van der Waals surface area (Å²) in [7, 11) is 0. The van der Waals surface area contributed by atoms with Crippen LogP contribution in [-0.4, -0.2) is 17.6 Å². The van der Waals surface area contributed by atoms with Crippen LogP contribution in [0.2, 0.25) is 0 Å². The maximum atomic E-state index is 13.4. The number of halogens is 1. The molecule has 0 aromatic heterocycles. The van der Waals surface area contributed by atoms with Crippen LogP contribution in [0.1, 0.15) is 5.56 Å². The molecule has 88 valence electrons. The van der Waals surface area contributed by atoms with Crippen molar-refractivity contribution in [3.8, 4) is 11.8 Å². The Morgan fingerprint density at radius 2 is 2.29 bits per heavy atom. The molecule has 1 aromatic carbocycles. The number of primary amides is 1. The number of ether oxygens (including phenoxy) is 1. The number of hydrogen-bond acceptors (Lipinski definition) is 4. The normalized spacial score (nSPS) is 9.00. The Labute approximate surface area is 95.3 Å². The number of nitro benzene ring substituents is 1. The minimum atomic E-state index is -1.02. The summed E-state index contributed by atoms with van der Waals surface area (Å²) < 4.78 is 17.7. The first-order chi connectivity index (χ1) is 8.02. The van der Waals surface area contributed by atoms with Crippen molar-refractivity contribution in [2.45, 2.75) is 0 Å². The van der Waals surface area contributed by atoms with Crippen molar-refractivity contribution in [2.75, 3.05) is 6.61 Å². The van der Waals surface area contributed by atoms with E-state index in [1.807, 2.05) is 0 Å². The second-order valence-corrected chi connectivity index (χ2v) is 2.81. The van der Waals surface area contributed by atoms with Crippen LogP contribution < -0.4 is 5.73 Å². The third kappa shape index (κ3) is 3.46. The first-order valence-corrected chi connectivity index (χ1v) is 4.36. The minimum absolute atomic E-state index is 0.146. The van der Waals surface area contributed by atoms with Gasteiger partial charge in [0.05, 0.1) is 10.5 Å². The predicted molar refractivity (Wildman–Crippen MR) is 55.5 cm³/mol. The van der Waals surface area contributed by atoms with Crippen molar-refractivity contribution >= 4 is 11.8 Å². The third-order valence-corrected chi connectivity index (χ3v) is 1.68. The largest absolute Gasteiger partial charge is 0.437 e. The molecule has 0 spiro atoms. The van der Waals surface area contributed by atoms with Gasteiger partial charge in [-0.1, -0.05) is 17.9 Å². The maximum Gasteiger partial charge on any atom is 0.405 e. The molecule has 0 aliphatic rings. The molecule has 6 nitrogen and oxygen atoms in total. The van der Waals surface area contributed by atoms with Crippen LogP contribution in [0, 0.1) is 27.8 Å². The number of hydrogen-bond donors (Lipinski definition) is 1. The molecule has 0 heterocycles. The van der Waals surface area contributed by atoms with Crippen LogP contribution in [0.5, 0.6) is 0 Å². The fraction of sp³-hybridized carbons (Fsp3) is 0.100. The van der Waals surface area contributed by atoms with Gasteiger partial charge < -0.3 is 10.5 Å². The molecule has 1 rings (SSSR count). The summed E-state index contributed by atoms with van der Waals surface area (Å²) in [6, 6.07) is 3.61. The average Bonchev–Trinajstić information content (AvgIpc) is 2.25. The van der Waals surface area contributed by atoms with Gasteiger partial charge in [-0.05, 0) is 6.07 Å². The average molecular weight is 238 g/mol. The standard InChI is InChI=1S/C10H7FN2O4/c11-9-7(4-2-6-17-10(12)14)3-1-5-8(9)13(15)16/h1,3,5H,6H2,(H2,12,14). The van der Waals surface area contributed by atoms with Crippen LogP contribution in [0.3, 0.4) is 0 Å². The Morgan fingerprint density at radius 1 is 1.59 bits per heavy atom. The molecule has 2 N–H and O–H groups in total. The quantitative estimate of drug-likeness (QED) is 0.475. The van der Waals surface area contributed by atoms with Crippen molar-refractivity contribution in [1.82, 2.24) is 0 Å². The van der Waals surface area contributed by atoms with Crippen LogP contribution in [0.15, 0.2) is 18.2 Å². The second-order valence-electron chi connectivity index (χ2n) is 2.81. The lowest BCUT2D eigenvalue weighted by Crippen LogP contribution is -2.12. The van der Waals surface area contributed by atoms with E-state index in [1.165, 1.54) is 12.1 Å². The lowest BCUT2D eigenvalue weighted by atomic mass is 10.2. The zero-order valence-electron chi connectivity index (χ0n) is 8.47. The van der Waals surface area contributed by atoms with Gasteiger partial charge in [0.25, 0.3) is 0 Å². The lowest BCUT2D eigenvalue weighted by molar-refractivity contribution is -0.387. The van der Waals surface area contributed by atoms with E-state index in [0.717, 1.165) is 6.07 Å². The molecule has 0 aliphatic heterocycles. The smallest absolute Gasteiger partial charge is 0.405 e. The SMILES string of the molecule is NC(=O)OCC#Cc1cccc([N+](=O)[O-])c1F. The molecule has 0 aliphatic carbocycles. The number of nitrogens with two attached hydrogens (primary N) is 1. The van der Waals surface area contributed by atoms with E-state index in [1.54, 1.807) is 0 Å². The summed E-state index contributed by atoms with van der Waals surface area (Å²) in [5.74, 6) is 3.58. The molecule has 1 aromatic rings. The molecule has 0 saturated carbocycles. The van der Waals surface area contributed by atoms with Crippen molar-refractivity contribution < 1.29 is 18.8 Å². The van der Waals surface area contributed by atoms with Crippen molar-refractivity contribution in [3.63, 3.8) is 0 Å². The number of amides is 1. The molecule has 0 fully saturated rings. The zero-order chi connectivity index (χ0) is 12.8. The highest BCUT2D eigenvalue weighted by Gasteiger charge is 2.15. The number of nitrogens with zero attached hydrogens (tertiary/aromatic N) is 1. The topological polar surface area (TPSA) is 95.5 Å². The molecule has 0 radical (unpaired) electrons. The fourth-order valence-corrected chi connectivity index (χ4v) is 0.996. The molecule has 7 heteroatoms. The van der Waals surface area contributed by atoms with E-state index in [9.17, 15) is 19.3 Å². The van der Waals surface area contributed by atoms with Gasteiger partial charge in [0.15, 0.2) is 6.61 Å². The minimum Gasteiger partial charge on any atom is -0.437 e. The number of nitro groups is 1. The zero-order valence-corrected chi connectivity index (χ0v) is 8.47.